The van der Waals surface area contributed by atoms with E-state index in [0.717, 1.165) is 36.8 Å². The van der Waals surface area contributed by atoms with Crippen molar-refractivity contribution in [3.8, 4) is 0 Å². The van der Waals surface area contributed by atoms with Gasteiger partial charge in [-0.2, -0.15) is 0 Å². The molecule has 4 aliphatic rings. The zero-order valence-electron chi connectivity index (χ0n) is 21.3. The summed E-state index contributed by atoms with van der Waals surface area (Å²) in [6, 6.07) is 7.69. The number of fused-ring (bicyclic) bond motifs is 4. The highest BCUT2D eigenvalue weighted by Crippen LogP contribution is 2.66. The van der Waals surface area contributed by atoms with Crippen LogP contribution in [0.25, 0.3) is 0 Å². The summed E-state index contributed by atoms with van der Waals surface area (Å²) in [6.45, 7) is 4.43. The number of Topliss-reactive ketones (excluding diaryl/α,β-unsaturated/α-hetero) is 2. The van der Waals surface area contributed by atoms with E-state index >= 15 is 0 Å². The van der Waals surface area contributed by atoms with E-state index in [4.69, 9.17) is 4.74 Å². The third-order valence-corrected chi connectivity index (χ3v) is 9.47. The molecule has 36 heavy (non-hydrogen) atoms. The van der Waals surface area contributed by atoms with Crippen molar-refractivity contribution >= 4 is 23.3 Å². The summed E-state index contributed by atoms with van der Waals surface area (Å²) in [5, 5.41) is 11.9. The molecule has 6 nitrogen and oxygen atoms in total. The number of esters is 1. The zero-order chi connectivity index (χ0) is 25.8. The third kappa shape index (κ3) is 3.81. The Morgan fingerprint density at radius 1 is 1.06 bits per heavy atom. The average molecular weight is 491 g/mol. The molecule has 0 bridgehead atoms. The smallest absolute Gasteiger partial charge is 0.303 e. The van der Waals surface area contributed by atoms with Crippen molar-refractivity contribution < 1.29 is 29.0 Å². The predicted molar refractivity (Wildman–Crippen MR) is 133 cm³/mol. The molecule has 2 saturated carbocycles. The number of ether oxygens (including phenoxy) is 1. The van der Waals surface area contributed by atoms with Gasteiger partial charge in [0.05, 0.1) is 0 Å². The molecule has 190 valence electrons. The zero-order valence-corrected chi connectivity index (χ0v) is 21.3. The predicted octanol–water partition coefficient (Wildman–Crippen LogP) is 4.65. The van der Waals surface area contributed by atoms with E-state index in [-0.39, 0.29) is 29.3 Å². The maximum atomic E-state index is 13.3. The van der Waals surface area contributed by atoms with E-state index in [9.17, 15) is 24.3 Å². The third-order valence-electron chi connectivity index (χ3n) is 9.47. The van der Waals surface area contributed by atoms with Gasteiger partial charge in [0, 0.05) is 30.2 Å². The lowest BCUT2D eigenvalue weighted by Crippen LogP contribution is -2.56. The Kier molecular flexibility index (Phi) is 6.14. The average Bonchev–Trinajstić information content (AvgIpc) is 3.13. The molecule has 5 rings (SSSR count). The summed E-state index contributed by atoms with van der Waals surface area (Å²) in [5.41, 5.74) is 3.24. The van der Waals surface area contributed by atoms with Crippen molar-refractivity contribution in [3.05, 3.63) is 58.2 Å². The molecule has 4 aliphatic carbocycles. The summed E-state index contributed by atoms with van der Waals surface area (Å²) in [6.07, 6.45) is 6.44. The largest absolute Gasteiger partial charge is 0.458 e. The molecule has 2 fully saturated rings. The topological polar surface area (TPSA) is 97.7 Å². The molecule has 0 saturated heterocycles. The highest BCUT2D eigenvalue weighted by atomic mass is 16.5. The Labute approximate surface area is 211 Å². The molecule has 5 atom stereocenters. The minimum absolute atomic E-state index is 0.00652. The van der Waals surface area contributed by atoms with Crippen molar-refractivity contribution in [1.29, 1.82) is 0 Å². The van der Waals surface area contributed by atoms with Crippen LogP contribution < -0.4 is 0 Å². The summed E-state index contributed by atoms with van der Waals surface area (Å²) in [7, 11) is 0. The molecule has 6 heteroatoms. The molecule has 0 radical (unpaired) electrons. The standard InChI is InChI=1S/C30H34O6/c1-17(31)19-4-6-20(7-5-19)25-15-29(3)26(12-13-30(29,35)27(34)16-36-18(2)32)24-10-8-21-14-22(33)9-11-23(21)28(24)25/h4-7,14,24-26,35H,8-13,15-16H2,1-3H3/t24-,25+,26-,29-,30-/m0/s1. The molecule has 1 aromatic rings. The van der Waals surface area contributed by atoms with Crippen LogP contribution in [-0.4, -0.2) is 40.6 Å². The van der Waals surface area contributed by atoms with Gasteiger partial charge in [-0.05, 0) is 80.1 Å². The van der Waals surface area contributed by atoms with Crippen molar-refractivity contribution in [1.82, 2.24) is 0 Å². The molecule has 0 amide bonds. The van der Waals surface area contributed by atoms with Crippen LogP contribution in [0.2, 0.25) is 0 Å². The van der Waals surface area contributed by atoms with Crippen molar-refractivity contribution in [2.45, 2.75) is 77.2 Å². The van der Waals surface area contributed by atoms with E-state index in [2.05, 4.69) is 0 Å². The molecule has 0 unspecified atom stereocenters. The van der Waals surface area contributed by atoms with Gasteiger partial charge < -0.3 is 9.84 Å². The molecular weight excluding hydrogens is 456 g/mol. The second kappa shape index (κ2) is 8.91. The van der Waals surface area contributed by atoms with Crippen LogP contribution in [0.4, 0.5) is 0 Å². The second-order valence-electron chi connectivity index (χ2n) is 11.3. The normalized spacial score (nSPS) is 33.3. The fourth-order valence-corrected chi connectivity index (χ4v) is 7.66. The lowest BCUT2D eigenvalue weighted by Gasteiger charge is -2.54. The first-order chi connectivity index (χ1) is 17.0. The lowest BCUT2D eigenvalue weighted by atomic mass is 9.50. The Morgan fingerprint density at radius 3 is 2.44 bits per heavy atom. The first kappa shape index (κ1) is 24.8. The van der Waals surface area contributed by atoms with Crippen LogP contribution >= 0.6 is 0 Å². The highest BCUT2D eigenvalue weighted by molar-refractivity contribution is 5.94. The molecule has 0 heterocycles. The minimum Gasteiger partial charge on any atom is -0.458 e. The number of aliphatic hydroxyl groups is 1. The molecule has 0 spiro atoms. The maximum absolute atomic E-state index is 13.3. The van der Waals surface area contributed by atoms with Gasteiger partial charge in [-0.3, -0.25) is 19.2 Å². The highest BCUT2D eigenvalue weighted by Gasteiger charge is 2.65. The second-order valence-corrected chi connectivity index (χ2v) is 11.3. The Bertz CT molecular complexity index is 1200. The van der Waals surface area contributed by atoms with Gasteiger partial charge in [-0.15, -0.1) is 0 Å². The fourth-order valence-electron chi connectivity index (χ4n) is 7.66. The number of carbonyl (C=O) groups is 4. The van der Waals surface area contributed by atoms with Crippen LogP contribution in [-0.2, 0) is 19.1 Å². The number of carbonyl (C=O) groups excluding carboxylic acids is 4. The molecule has 1 aromatic carbocycles. The van der Waals surface area contributed by atoms with Crippen LogP contribution in [0, 0.1) is 17.3 Å². The van der Waals surface area contributed by atoms with Gasteiger partial charge >= 0.3 is 5.97 Å². The van der Waals surface area contributed by atoms with Crippen LogP contribution in [0.5, 0.6) is 0 Å². The summed E-state index contributed by atoms with van der Waals surface area (Å²) < 4.78 is 5.01. The molecular formula is C30H34O6. The van der Waals surface area contributed by atoms with Gasteiger partial charge in [0.25, 0.3) is 0 Å². The lowest BCUT2D eigenvalue weighted by molar-refractivity contribution is -0.164. The quantitative estimate of drug-likeness (QED) is 0.477. The van der Waals surface area contributed by atoms with E-state index < -0.39 is 29.4 Å². The Hall–Kier alpha value is -2.86. The number of hydrogen-bond acceptors (Lipinski definition) is 6. The fraction of sp³-hybridized carbons (Fsp3) is 0.533. The van der Waals surface area contributed by atoms with Gasteiger partial charge in [0.1, 0.15) is 5.60 Å². The summed E-state index contributed by atoms with van der Waals surface area (Å²) in [5.74, 6) is -0.479. The van der Waals surface area contributed by atoms with E-state index in [1.807, 2.05) is 37.3 Å². The number of allylic oxidation sites excluding steroid dienone is 4. The number of ketones is 3. The monoisotopic (exact) mass is 490 g/mol. The van der Waals surface area contributed by atoms with E-state index in [0.29, 0.717) is 24.8 Å². The number of rotatable bonds is 5. The summed E-state index contributed by atoms with van der Waals surface area (Å²) >= 11 is 0. The van der Waals surface area contributed by atoms with Crippen molar-refractivity contribution in [2.24, 2.45) is 17.3 Å². The first-order valence-corrected chi connectivity index (χ1v) is 13.0. The minimum atomic E-state index is -1.57. The molecule has 1 N–H and O–H groups in total. The van der Waals surface area contributed by atoms with E-state index in [1.54, 1.807) is 6.92 Å². The Balaban J connectivity index is 1.61. The summed E-state index contributed by atoms with van der Waals surface area (Å²) in [4.78, 5) is 48.8. The van der Waals surface area contributed by atoms with Gasteiger partial charge in [-0.1, -0.05) is 36.8 Å². The SMILES string of the molecule is CC(=O)OCC(=O)[C@@]1(O)CC[C@H]2[C@@H]3CCC4=CC(=O)CCC4=C3[C@@H](c3ccc(C(C)=O)cc3)C[C@@]21C. The van der Waals surface area contributed by atoms with E-state index in [1.165, 1.54) is 18.1 Å². The number of hydrogen-bond donors (Lipinski definition) is 1. The Morgan fingerprint density at radius 2 is 1.78 bits per heavy atom. The molecule has 0 aromatic heterocycles. The first-order valence-electron chi connectivity index (χ1n) is 13.0. The number of benzene rings is 1. The van der Waals surface area contributed by atoms with Crippen molar-refractivity contribution in [3.63, 3.8) is 0 Å². The van der Waals surface area contributed by atoms with Crippen LogP contribution in [0.15, 0.2) is 47.1 Å². The molecule has 0 aliphatic heterocycles. The van der Waals surface area contributed by atoms with Gasteiger partial charge in [0.15, 0.2) is 18.2 Å². The van der Waals surface area contributed by atoms with Gasteiger partial charge in [0.2, 0.25) is 5.78 Å². The van der Waals surface area contributed by atoms with Crippen LogP contribution in [0.3, 0.4) is 0 Å². The van der Waals surface area contributed by atoms with Crippen LogP contribution in [0.1, 0.15) is 87.6 Å². The van der Waals surface area contributed by atoms with Gasteiger partial charge in [-0.25, -0.2) is 0 Å². The maximum Gasteiger partial charge on any atom is 0.303 e. The van der Waals surface area contributed by atoms with Crippen molar-refractivity contribution in [2.75, 3.05) is 6.61 Å².